The molecule has 0 fully saturated rings. The van der Waals surface area contributed by atoms with Gasteiger partial charge < -0.3 is 20.4 Å². The first-order valence-electron chi connectivity index (χ1n) is 15.6. The molecule has 0 aliphatic carbocycles. The van der Waals surface area contributed by atoms with Gasteiger partial charge in [0.15, 0.2) is 0 Å². The van der Waals surface area contributed by atoms with Crippen molar-refractivity contribution in [2.45, 2.75) is 0 Å². The quantitative estimate of drug-likeness (QED) is 0.121. The standard InChI is InChI=1S/2C20H12N2O4.Cu/c2*23-19(24)13-9-17(21-15-7-3-1-5-11(13)15)18-10-14(20(25)26)12-6-2-4-8-16(12)22-18;/h2*1-10H,(H,23,24)(H,25,26);. The minimum absolute atomic E-state index is 0. The number of benzene rings is 4. The van der Waals surface area contributed by atoms with Crippen molar-refractivity contribution in [2.24, 2.45) is 0 Å². The molecule has 0 bridgehead atoms. The van der Waals surface area contributed by atoms with E-state index in [1.165, 1.54) is 24.3 Å². The van der Waals surface area contributed by atoms with Crippen LogP contribution in [0.4, 0.5) is 0 Å². The van der Waals surface area contributed by atoms with E-state index in [2.05, 4.69) is 19.9 Å². The van der Waals surface area contributed by atoms with Gasteiger partial charge >= 0.3 is 23.9 Å². The smallest absolute Gasteiger partial charge is 0.336 e. The van der Waals surface area contributed by atoms with Crippen LogP contribution in [0.25, 0.3) is 66.4 Å². The molecule has 12 nitrogen and oxygen atoms in total. The molecule has 0 saturated carbocycles. The van der Waals surface area contributed by atoms with Crippen LogP contribution in [-0.2, 0) is 17.1 Å². The van der Waals surface area contributed by atoms with Gasteiger partial charge in [-0.1, -0.05) is 72.8 Å². The Morgan fingerprint density at radius 2 is 0.528 bits per heavy atom. The van der Waals surface area contributed by atoms with E-state index in [9.17, 15) is 39.6 Å². The molecule has 263 valence electrons. The van der Waals surface area contributed by atoms with Gasteiger partial charge in [0, 0.05) is 38.6 Å². The number of carboxylic acid groups (broad SMARTS) is 4. The third kappa shape index (κ3) is 6.97. The maximum absolute atomic E-state index is 11.6. The Morgan fingerprint density at radius 3 is 0.717 bits per heavy atom. The van der Waals surface area contributed by atoms with Gasteiger partial charge in [-0.05, 0) is 48.5 Å². The van der Waals surface area contributed by atoms with Gasteiger partial charge in [-0.25, -0.2) is 39.1 Å². The molecule has 4 aromatic carbocycles. The van der Waals surface area contributed by atoms with Crippen molar-refractivity contribution >= 4 is 67.5 Å². The number of carbonyl (C=O) groups is 4. The number of rotatable bonds is 6. The molecule has 1 radical (unpaired) electrons. The third-order valence-corrected chi connectivity index (χ3v) is 8.31. The molecular weight excluding hydrogens is 728 g/mol. The Balaban J connectivity index is 0.000000178. The number of hydrogen-bond acceptors (Lipinski definition) is 8. The summed E-state index contributed by atoms with van der Waals surface area (Å²) in [7, 11) is 0. The summed E-state index contributed by atoms with van der Waals surface area (Å²) in [5.74, 6) is -4.32. The summed E-state index contributed by atoms with van der Waals surface area (Å²) in [6.45, 7) is 0. The first-order valence-corrected chi connectivity index (χ1v) is 15.6. The molecule has 0 amide bonds. The third-order valence-electron chi connectivity index (χ3n) is 8.31. The Morgan fingerprint density at radius 1 is 0.340 bits per heavy atom. The zero-order valence-corrected chi connectivity index (χ0v) is 28.0. The van der Waals surface area contributed by atoms with Gasteiger partial charge in [0.05, 0.1) is 67.1 Å². The molecule has 8 aromatic rings. The number of aromatic nitrogens is 4. The fourth-order valence-electron chi connectivity index (χ4n) is 5.93. The molecule has 0 unspecified atom stereocenters. The molecule has 0 spiro atoms. The van der Waals surface area contributed by atoms with E-state index in [1.54, 1.807) is 97.1 Å². The van der Waals surface area contributed by atoms with Gasteiger partial charge in [0.2, 0.25) is 0 Å². The van der Waals surface area contributed by atoms with Crippen LogP contribution in [0, 0.1) is 0 Å². The predicted octanol–water partition coefficient (Wildman–Crippen LogP) is 7.69. The van der Waals surface area contributed by atoms with Crippen molar-refractivity contribution in [2.75, 3.05) is 0 Å². The molecule has 0 aliphatic heterocycles. The summed E-state index contributed by atoms with van der Waals surface area (Å²) in [5, 5.41) is 40.2. The van der Waals surface area contributed by atoms with E-state index in [0.29, 0.717) is 66.4 Å². The summed E-state index contributed by atoms with van der Waals surface area (Å²) >= 11 is 0. The predicted molar refractivity (Wildman–Crippen MR) is 193 cm³/mol. The number of fused-ring (bicyclic) bond motifs is 4. The zero-order valence-electron chi connectivity index (χ0n) is 27.1. The van der Waals surface area contributed by atoms with Gasteiger partial charge in [-0.2, -0.15) is 0 Å². The molecule has 4 heterocycles. The normalized spacial score (nSPS) is 10.7. The first kappa shape index (κ1) is 35.7. The number of para-hydroxylation sites is 4. The van der Waals surface area contributed by atoms with Crippen LogP contribution in [0.5, 0.6) is 0 Å². The molecule has 4 aromatic heterocycles. The molecular formula is C40H24CuN4O8. The fourth-order valence-corrected chi connectivity index (χ4v) is 5.93. The van der Waals surface area contributed by atoms with Gasteiger partial charge in [0.25, 0.3) is 0 Å². The number of nitrogens with zero attached hydrogens (tertiary/aromatic N) is 4. The number of carboxylic acids is 4. The molecule has 53 heavy (non-hydrogen) atoms. The number of pyridine rings is 4. The summed E-state index contributed by atoms with van der Waals surface area (Å²) in [6, 6.07) is 33.3. The average Bonchev–Trinajstić information content (AvgIpc) is 3.16. The van der Waals surface area contributed by atoms with Crippen LogP contribution >= 0.6 is 0 Å². The van der Waals surface area contributed by atoms with Crippen LogP contribution in [0.15, 0.2) is 121 Å². The van der Waals surface area contributed by atoms with E-state index in [0.717, 1.165) is 0 Å². The molecule has 0 aliphatic rings. The van der Waals surface area contributed by atoms with Crippen LogP contribution in [0.2, 0.25) is 0 Å². The summed E-state index contributed by atoms with van der Waals surface area (Å²) in [5.41, 5.74) is 3.67. The van der Waals surface area contributed by atoms with E-state index < -0.39 is 23.9 Å². The van der Waals surface area contributed by atoms with E-state index in [1.807, 2.05) is 0 Å². The largest absolute Gasteiger partial charge is 0.478 e. The second kappa shape index (κ2) is 14.6. The molecule has 0 atom stereocenters. The van der Waals surface area contributed by atoms with Crippen molar-refractivity contribution in [3.63, 3.8) is 0 Å². The van der Waals surface area contributed by atoms with Gasteiger partial charge in [-0.15, -0.1) is 0 Å². The van der Waals surface area contributed by atoms with Crippen LogP contribution < -0.4 is 0 Å². The van der Waals surface area contributed by atoms with Crippen molar-refractivity contribution in [3.8, 4) is 22.8 Å². The summed E-state index contributed by atoms with van der Waals surface area (Å²) in [6.07, 6.45) is 0. The Labute approximate surface area is 309 Å². The molecule has 0 saturated heterocycles. The van der Waals surface area contributed by atoms with Crippen LogP contribution in [0.1, 0.15) is 41.4 Å². The molecule has 8 rings (SSSR count). The van der Waals surface area contributed by atoms with E-state index in [4.69, 9.17) is 0 Å². The van der Waals surface area contributed by atoms with Crippen LogP contribution in [0.3, 0.4) is 0 Å². The number of hydrogen-bond donors (Lipinski definition) is 4. The SMILES string of the molecule is O=C(O)c1cc(-c2cc(C(=O)O)c3ccccc3n2)nc2ccccc12.O=C(O)c1cc(-c2cc(C(=O)O)c3ccccc3n2)nc2ccccc12.[Cu]. The minimum Gasteiger partial charge on any atom is -0.478 e. The minimum atomic E-state index is -1.08. The average molecular weight is 752 g/mol. The van der Waals surface area contributed by atoms with E-state index in [-0.39, 0.29) is 39.3 Å². The zero-order chi connectivity index (χ0) is 36.5. The second-order valence-corrected chi connectivity index (χ2v) is 11.5. The molecule has 4 N–H and O–H groups in total. The first-order chi connectivity index (χ1) is 25.1. The fraction of sp³-hybridized carbons (Fsp3) is 0. The monoisotopic (exact) mass is 751 g/mol. The molecule has 13 heteroatoms. The van der Waals surface area contributed by atoms with Crippen molar-refractivity contribution in [1.29, 1.82) is 0 Å². The van der Waals surface area contributed by atoms with Gasteiger partial charge in [0.1, 0.15) is 0 Å². The number of aromatic carboxylic acids is 4. The van der Waals surface area contributed by atoms with Crippen LogP contribution in [-0.4, -0.2) is 64.2 Å². The van der Waals surface area contributed by atoms with Crippen molar-refractivity contribution in [1.82, 2.24) is 19.9 Å². The Hall–Kier alpha value is -7.08. The topological polar surface area (TPSA) is 201 Å². The van der Waals surface area contributed by atoms with Crippen molar-refractivity contribution < 1.29 is 56.7 Å². The maximum atomic E-state index is 11.6. The summed E-state index contributed by atoms with van der Waals surface area (Å²) < 4.78 is 0. The van der Waals surface area contributed by atoms with Crippen molar-refractivity contribution in [3.05, 3.63) is 144 Å². The second-order valence-electron chi connectivity index (χ2n) is 11.5. The Bertz CT molecular complexity index is 2410. The Kier molecular flexibility index (Phi) is 9.87. The summed E-state index contributed by atoms with van der Waals surface area (Å²) in [4.78, 5) is 64.5. The van der Waals surface area contributed by atoms with Gasteiger partial charge in [-0.3, -0.25) is 0 Å². The van der Waals surface area contributed by atoms with E-state index >= 15 is 0 Å². The maximum Gasteiger partial charge on any atom is 0.336 e.